The van der Waals surface area contributed by atoms with E-state index in [-0.39, 0.29) is 22.3 Å². The van der Waals surface area contributed by atoms with E-state index >= 15 is 0 Å². The fourth-order valence-electron chi connectivity index (χ4n) is 1.73. The molecule has 1 aliphatic carbocycles. The van der Waals surface area contributed by atoms with Crippen molar-refractivity contribution in [2.75, 3.05) is 6.54 Å². The summed E-state index contributed by atoms with van der Waals surface area (Å²) < 4.78 is 0. The largest absolute Gasteiger partial charge is 0.335 e. The van der Waals surface area contributed by atoms with Crippen LogP contribution in [0, 0.1) is 11.3 Å². The second-order valence-corrected chi connectivity index (χ2v) is 4.86. The van der Waals surface area contributed by atoms with Gasteiger partial charge in [0.1, 0.15) is 10.3 Å². The Morgan fingerprint density at radius 3 is 2.78 bits per heavy atom. The summed E-state index contributed by atoms with van der Waals surface area (Å²) in [5, 5.41) is 8.98. The third kappa shape index (κ3) is 2.92. The zero-order chi connectivity index (χ0) is 13.1. The van der Waals surface area contributed by atoms with Crippen molar-refractivity contribution in [3.8, 4) is 6.07 Å². The third-order valence-corrected chi connectivity index (χ3v) is 3.26. The lowest BCUT2D eigenvalue weighted by Gasteiger charge is -2.21. The number of carbonyl (C=O) groups excluding carboxylic acids is 1. The highest BCUT2D eigenvalue weighted by Crippen LogP contribution is 2.29. The molecule has 94 valence electrons. The number of hydrogen-bond donors (Lipinski definition) is 0. The molecule has 1 aromatic rings. The zero-order valence-electron chi connectivity index (χ0n) is 9.57. The topological polar surface area (TPSA) is 57.0 Å². The molecule has 1 aromatic heterocycles. The molecular weight excluding hydrogens is 273 g/mol. The van der Waals surface area contributed by atoms with E-state index in [4.69, 9.17) is 28.5 Å². The highest BCUT2D eigenvalue weighted by atomic mass is 35.5. The highest BCUT2D eigenvalue weighted by molar-refractivity contribution is 6.34. The molecule has 1 heterocycles. The van der Waals surface area contributed by atoms with E-state index in [1.165, 1.54) is 6.07 Å². The minimum atomic E-state index is -0.179. The molecule has 0 saturated heterocycles. The van der Waals surface area contributed by atoms with Gasteiger partial charge in [-0.05, 0) is 25.0 Å². The molecule has 1 saturated carbocycles. The van der Waals surface area contributed by atoms with E-state index in [0.29, 0.717) is 18.5 Å². The summed E-state index contributed by atoms with van der Waals surface area (Å²) >= 11 is 11.6. The van der Waals surface area contributed by atoms with Crippen LogP contribution in [0.3, 0.4) is 0 Å². The van der Waals surface area contributed by atoms with Gasteiger partial charge in [0.15, 0.2) is 0 Å². The Hall–Kier alpha value is -1.31. The number of aromatic nitrogens is 1. The van der Waals surface area contributed by atoms with Crippen LogP contribution in [0.15, 0.2) is 12.1 Å². The molecule has 1 aliphatic rings. The highest BCUT2D eigenvalue weighted by Gasteiger charge is 2.33. The fraction of sp³-hybridized carbons (Fsp3) is 0.417. The average Bonchev–Trinajstić information content (AvgIpc) is 3.13. The van der Waals surface area contributed by atoms with Crippen LogP contribution in [0.1, 0.15) is 29.6 Å². The lowest BCUT2D eigenvalue weighted by molar-refractivity contribution is 0.0746. The molecule has 0 N–H and O–H groups in total. The number of nitrogens with zero attached hydrogens (tertiary/aromatic N) is 3. The Morgan fingerprint density at radius 1 is 1.50 bits per heavy atom. The number of nitriles is 1. The first-order valence-corrected chi connectivity index (χ1v) is 6.39. The molecule has 0 spiro atoms. The molecule has 0 radical (unpaired) electrons. The first kappa shape index (κ1) is 13.1. The zero-order valence-corrected chi connectivity index (χ0v) is 11.1. The van der Waals surface area contributed by atoms with Gasteiger partial charge in [0.05, 0.1) is 18.1 Å². The van der Waals surface area contributed by atoms with Gasteiger partial charge in [0.2, 0.25) is 0 Å². The summed E-state index contributed by atoms with van der Waals surface area (Å²) in [6.45, 7) is 0.430. The SMILES string of the molecule is N#CCCN(C(=O)c1ccc(Cl)nc1Cl)C1CC1. The Morgan fingerprint density at radius 2 is 2.22 bits per heavy atom. The van der Waals surface area contributed by atoms with Crippen molar-refractivity contribution in [2.45, 2.75) is 25.3 Å². The lowest BCUT2D eigenvalue weighted by atomic mass is 10.2. The molecule has 1 fully saturated rings. The maximum Gasteiger partial charge on any atom is 0.257 e. The first-order chi connectivity index (χ1) is 8.63. The lowest BCUT2D eigenvalue weighted by Crippen LogP contribution is -2.34. The van der Waals surface area contributed by atoms with Crippen molar-refractivity contribution in [1.82, 2.24) is 9.88 Å². The standard InChI is InChI=1S/C12H11Cl2N3O/c13-10-5-4-9(11(14)16-10)12(18)17(7-1-6-15)8-2-3-8/h4-5,8H,1-3,7H2. The van der Waals surface area contributed by atoms with Crippen LogP contribution in [0.25, 0.3) is 0 Å². The van der Waals surface area contributed by atoms with Crippen LogP contribution in [0.2, 0.25) is 10.3 Å². The molecule has 0 atom stereocenters. The third-order valence-electron chi connectivity index (χ3n) is 2.76. The van der Waals surface area contributed by atoms with Crippen molar-refractivity contribution in [1.29, 1.82) is 5.26 Å². The summed E-state index contributed by atoms with van der Waals surface area (Å²) in [6.07, 6.45) is 2.28. The van der Waals surface area contributed by atoms with Crippen molar-refractivity contribution in [2.24, 2.45) is 0 Å². The number of halogens is 2. The summed E-state index contributed by atoms with van der Waals surface area (Å²) in [6, 6.07) is 5.39. The molecule has 18 heavy (non-hydrogen) atoms. The Bertz CT molecular complexity index is 509. The maximum absolute atomic E-state index is 12.3. The van der Waals surface area contributed by atoms with Gasteiger partial charge in [-0.3, -0.25) is 4.79 Å². The van der Waals surface area contributed by atoms with Gasteiger partial charge in [-0.2, -0.15) is 5.26 Å². The van der Waals surface area contributed by atoms with Crippen LogP contribution in [0.4, 0.5) is 0 Å². The molecule has 6 heteroatoms. The number of rotatable bonds is 4. The Balaban J connectivity index is 2.19. The smallest absolute Gasteiger partial charge is 0.257 e. The second kappa shape index (κ2) is 5.55. The molecule has 0 aromatic carbocycles. The Kier molecular flexibility index (Phi) is 4.05. The van der Waals surface area contributed by atoms with Crippen LogP contribution >= 0.6 is 23.2 Å². The summed E-state index contributed by atoms with van der Waals surface area (Å²) in [7, 11) is 0. The van der Waals surface area contributed by atoms with Crippen LogP contribution in [0.5, 0.6) is 0 Å². The van der Waals surface area contributed by atoms with Gasteiger partial charge >= 0.3 is 0 Å². The quantitative estimate of drug-likeness (QED) is 0.799. The fourth-order valence-corrected chi connectivity index (χ4v) is 2.16. The van der Waals surface area contributed by atoms with Gasteiger partial charge in [-0.1, -0.05) is 23.2 Å². The molecular formula is C12H11Cl2N3O. The van der Waals surface area contributed by atoms with Crippen molar-refractivity contribution in [3.05, 3.63) is 28.0 Å². The number of amides is 1. The molecule has 1 amide bonds. The van der Waals surface area contributed by atoms with Gasteiger partial charge in [0.25, 0.3) is 5.91 Å². The molecule has 4 nitrogen and oxygen atoms in total. The van der Waals surface area contributed by atoms with Crippen molar-refractivity contribution < 1.29 is 4.79 Å². The predicted molar refractivity (Wildman–Crippen MR) is 68.5 cm³/mol. The summed E-state index contributed by atoms with van der Waals surface area (Å²) in [5.41, 5.74) is 0.339. The van der Waals surface area contributed by atoms with Crippen molar-refractivity contribution >= 4 is 29.1 Å². The minimum absolute atomic E-state index is 0.107. The monoisotopic (exact) mass is 283 g/mol. The maximum atomic E-state index is 12.3. The van der Waals surface area contributed by atoms with E-state index in [0.717, 1.165) is 12.8 Å². The summed E-state index contributed by atoms with van der Waals surface area (Å²) in [5.74, 6) is -0.179. The van der Waals surface area contributed by atoms with E-state index in [1.807, 2.05) is 6.07 Å². The molecule has 0 unspecified atom stereocenters. The number of hydrogen-bond acceptors (Lipinski definition) is 3. The van der Waals surface area contributed by atoms with E-state index in [2.05, 4.69) is 4.98 Å². The van der Waals surface area contributed by atoms with E-state index < -0.39 is 0 Å². The van der Waals surface area contributed by atoms with Crippen LogP contribution in [-0.2, 0) is 0 Å². The molecule has 0 bridgehead atoms. The molecule has 0 aliphatic heterocycles. The van der Waals surface area contributed by atoms with Crippen LogP contribution in [-0.4, -0.2) is 28.4 Å². The van der Waals surface area contributed by atoms with Crippen molar-refractivity contribution in [3.63, 3.8) is 0 Å². The Labute approximate surface area is 115 Å². The van der Waals surface area contributed by atoms with E-state index in [9.17, 15) is 4.79 Å². The molecule has 2 rings (SSSR count). The normalized spacial score (nSPS) is 14.1. The second-order valence-electron chi connectivity index (χ2n) is 4.11. The number of pyridine rings is 1. The average molecular weight is 284 g/mol. The van der Waals surface area contributed by atoms with Gasteiger partial charge in [-0.15, -0.1) is 0 Å². The minimum Gasteiger partial charge on any atom is -0.335 e. The van der Waals surface area contributed by atoms with Gasteiger partial charge in [-0.25, -0.2) is 4.98 Å². The summed E-state index contributed by atoms with van der Waals surface area (Å²) in [4.78, 5) is 17.9. The van der Waals surface area contributed by atoms with Crippen LogP contribution < -0.4 is 0 Å². The predicted octanol–water partition coefficient (Wildman–Crippen LogP) is 2.91. The van der Waals surface area contributed by atoms with E-state index in [1.54, 1.807) is 11.0 Å². The van der Waals surface area contributed by atoms with Gasteiger partial charge in [0, 0.05) is 12.6 Å². The first-order valence-electron chi connectivity index (χ1n) is 5.63. The van der Waals surface area contributed by atoms with Gasteiger partial charge < -0.3 is 4.90 Å². The number of carbonyl (C=O) groups is 1.